The van der Waals surface area contributed by atoms with Crippen LogP contribution in [0.1, 0.15) is 15.9 Å². The summed E-state index contributed by atoms with van der Waals surface area (Å²) in [5.41, 5.74) is 1.28. The first-order chi connectivity index (χ1) is 13.4. The standard InChI is InChI=1S/C19H20N2O6S/c1-26-14-4-3-12(11-15(14)27-2)7-9-20-18(25)13-8-10-28-19(13)21-16(22)5-6-17(23)24/h3-6,8,10-11H,7,9H2,1-2H3,(H,20,25)(H,21,22)(H,23,24). The van der Waals surface area contributed by atoms with Crippen LogP contribution in [0.4, 0.5) is 5.00 Å². The van der Waals surface area contributed by atoms with Gasteiger partial charge in [0.05, 0.1) is 19.8 Å². The normalized spacial score (nSPS) is 10.5. The molecule has 0 aliphatic heterocycles. The highest BCUT2D eigenvalue weighted by atomic mass is 32.1. The van der Waals surface area contributed by atoms with Gasteiger partial charge in [-0.25, -0.2) is 4.79 Å². The van der Waals surface area contributed by atoms with Gasteiger partial charge in [0.25, 0.3) is 5.91 Å². The van der Waals surface area contributed by atoms with Crippen LogP contribution in [-0.4, -0.2) is 43.7 Å². The Morgan fingerprint density at radius 3 is 2.54 bits per heavy atom. The molecule has 0 aliphatic rings. The van der Waals surface area contributed by atoms with E-state index in [1.54, 1.807) is 31.7 Å². The summed E-state index contributed by atoms with van der Waals surface area (Å²) in [6, 6.07) is 7.12. The fourth-order valence-corrected chi connectivity index (χ4v) is 3.12. The Hall–Kier alpha value is -3.33. The first-order valence-electron chi connectivity index (χ1n) is 8.23. The van der Waals surface area contributed by atoms with Gasteiger partial charge in [0.15, 0.2) is 11.5 Å². The summed E-state index contributed by atoms with van der Waals surface area (Å²) in [5, 5.41) is 15.9. The zero-order valence-corrected chi connectivity index (χ0v) is 16.2. The van der Waals surface area contributed by atoms with E-state index in [0.29, 0.717) is 35.0 Å². The zero-order chi connectivity index (χ0) is 20.5. The van der Waals surface area contributed by atoms with E-state index in [0.717, 1.165) is 17.7 Å². The van der Waals surface area contributed by atoms with Crippen LogP contribution < -0.4 is 20.1 Å². The molecule has 8 nitrogen and oxygen atoms in total. The summed E-state index contributed by atoms with van der Waals surface area (Å²) < 4.78 is 10.4. The minimum atomic E-state index is -1.23. The van der Waals surface area contributed by atoms with E-state index in [1.165, 1.54) is 11.3 Å². The fraction of sp³-hybridized carbons (Fsp3) is 0.211. The zero-order valence-electron chi connectivity index (χ0n) is 15.4. The molecule has 0 radical (unpaired) electrons. The lowest BCUT2D eigenvalue weighted by atomic mass is 10.1. The summed E-state index contributed by atoms with van der Waals surface area (Å²) in [7, 11) is 3.12. The van der Waals surface area contributed by atoms with Crippen LogP contribution in [0, 0.1) is 0 Å². The van der Waals surface area contributed by atoms with Crippen LogP contribution in [0.2, 0.25) is 0 Å². The van der Waals surface area contributed by atoms with Gasteiger partial charge in [-0.15, -0.1) is 11.3 Å². The second-order valence-corrected chi connectivity index (χ2v) is 6.44. The second-order valence-electron chi connectivity index (χ2n) is 5.52. The van der Waals surface area contributed by atoms with Crippen LogP contribution in [-0.2, 0) is 16.0 Å². The fourth-order valence-electron chi connectivity index (χ4n) is 2.34. The lowest BCUT2D eigenvalue weighted by Gasteiger charge is -2.10. The number of hydrogen-bond acceptors (Lipinski definition) is 6. The van der Waals surface area contributed by atoms with Gasteiger partial charge in [0.1, 0.15) is 5.00 Å². The monoisotopic (exact) mass is 404 g/mol. The third-order valence-corrected chi connectivity index (χ3v) is 4.50. The van der Waals surface area contributed by atoms with Crippen molar-refractivity contribution >= 4 is 34.1 Å². The van der Waals surface area contributed by atoms with Gasteiger partial charge in [-0.1, -0.05) is 6.07 Å². The largest absolute Gasteiger partial charge is 0.493 e. The lowest BCUT2D eigenvalue weighted by molar-refractivity contribution is -0.131. The Morgan fingerprint density at radius 2 is 1.86 bits per heavy atom. The van der Waals surface area contributed by atoms with Crippen LogP contribution >= 0.6 is 11.3 Å². The van der Waals surface area contributed by atoms with Crippen molar-refractivity contribution in [2.45, 2.75) is 6.42 Å². The number of methoxy groups -OCH3 is 2. The Balaban J connectivity index is 1.93. The minimum Gasteiger partial charge on any atom is -0.493 e. The van der Waals surface area contributed by atoms with Gasteiger partial charge in [0, 0.05) is 18.7 Å². The Kier molecular flexibility index (Phi) is 7.58. The third-order valence-electron chi connectivity index (χ3n) is 3.67. The number of carboxylic acid groups (broad SMARTS) is 1. The van der Waals surface area contributed by atoms with Crippen molar-refractivity contribution in [1.82, 2.24) is 5.32 Å². The minimum absolute atomic E-state index is 0.314. The van der Waals surface area contributed by atoms with Crippen molar-refractivity contribution in [3.63, 3.8) is 0 Å². The van der Waals surface area contributed by atoms with Crippen molar-refractivity contribution in [3.05, 3.63) is 52.9 Å². The van der Waals surface area contributed by atoms with Crippen molar-refractivity contribution in [2.75, 3.05) is 26.1 Å². The number of hydrogen-bond donors (Lipinski definition) is 3. The van der Waals surface area contributed by atoms with E-state index < -0.39 is 11.9 Å². The van der Waals surface area contributed by atoms with Gasteiger partial charge in [-0.2, -0.15) is 0 Å². The topological polar surface area (TPSA) is 114 Å². The smallest absolute Gasteiger partial charge is 0.328 e. The molecule has 0 unspecified atom stereocenters. The number of ether oxygens (including phenoxy) is 2. The number of carboxylic acids is 1. The average Bonchev–Trinajstić information content (AvgIpc) is 3.14. The number of benzene rings is 1. The molecular formula is C19H20N2O6S. The highest BCUT2D eigenvalue weighted by Crippen LogP contribution is 2.27. The van der Waals surface area contributed by atoms with Gasteiger partial charge < -0.3 is 25.2 Å². The molecule has 1 heterocycles. The average molecular weight is 404 g/mol. The molecule has 9 heteroatoms. The highest BCUT2D eigenvalue weighted by Gasteiger charge is 2.14. The number of carbonyl (C=O) groups is 3. The van der Waals surface area contributed by atoms with E-state index in [-0.39, 0.29) is 5.91 Å². The molecule has 1 aromatic heterocycles. The maximum absolute atomic E-state index is 12.4. The van der Waals surface area contributed by atoms with E-state index in [1.807, 2.05) is 12.1 Å². The van der Waals surface area contributed by atoms with E-state index in [4.69, 9.17) is 14.6 Å². The molecule has 0 fully saturated rings. The molecule has 2 aromatic rings. The first kappa shape index (κ1) is 21.0. The molecule has 0 saturated heterocycles. The maximum Gasteiger partial charge on any atom is 0.328 e. The number of anilines is 1. The number of thiophene rings is 1. The number of amides is 2. The molecule has 3 N–H and O–H groups in total. The molecule has 0 atom stereocenters. The second kappa shape index (κ2) is 10.1. The van der Waals surface area contributed by atoms with E-state index in [9.17, 15) is 14.4 Å². The maximum atomic E-state index is 12.4. The van der Waals surface area contributed by atoms with E-state index >= 15 is 0 Å². The van der Waals surface area contributed by atoms with Gasteiger partial charge in [-0.05, 0) is 35.6 Å². The molecule has 2 rings (SSSR count). The SMILES string of the molecule is COc1ccc(CCNC(=O)c2ccsc2NC(=O)C=CC(=O)O)cc1OC. The Labute approximate surface area is 165 Å². The lowest BCUT2D eigenvalue weighted by Crippen LogP contribution is -2.26. The summed E-state index contributed by atoms with van der Waals surface area (Å²) in [6.45, 7) is 0.385. The van der Waals surface area contributed by atoms with Crippen LogP contribution in [0.5, 0.6) is 11.5 Å². The molecule has 0 spiro atoms. The summed E-state index contributed by atoms with van der Waals surface area (Å²) in [4.78, 5) is 34.5. The van der Waals surface area contributed by atoms with E-state index in [2.05, 4.69) is 10.6 Å². The molecule has 148 valence electrons. The van der Waals surface area contributed by atoms with Crippen molar-refractivity contribution in [3.8, 4) is 11.5 Å². The predicted molar refractivity (Wildman–Crippen MR) is 105 cm³/mol. The summed E-state index contributed by atoms with van der Waals surface area (Å²) in [5.74, 6) is -0.938. The number of nitrogens with one attached hydrogen (secondary N) is 2. The van der Waals surface area contributed by atoms with Crippen LogP contribution in [0.15, 0.2) is 41.8 Å². The molecule has 0 aliphatic carbocycles. The first-order valence-corrected chi connectivity index (χ1v) is 9.11. The molecule has 0 saturated carbocycles. The highest BCUT2D eigenvalue weighted by molar-refractivity contribution is 7.14. The molecular weight excluding hydrogens is 384 g/mol. The van der Waals surface area contributed by atoms with Crippen molar-refractivity contribution in [2.24, 2.45) is 0 Å². The summed E-state index contributed by atoms with van der Waals surface area (Å²) in [6.07, 6.45) is 2.20. The molecule has 2 amide bonds. The predicted octanol–water partition coefficient (Wildman–Crippen LogP) is 2.32. The van der Waals surface area contributed by atoms with Gasteiger partial charge in [-0.3, -0.25) is 9.59 Å². The van der Waals surface area contributed by atoms with Crippen LogP contribution in [0.25, 0.3) is 0 Å². The van der Waals surface area contributed by atoms with Gasteiger partial charge in [0.2, 0.25) is 5.91 Å². The Bertz CT molecular complexity index is 890. The molecule has 0 bridgehead atoms. The van der Waals surface area contributed by atoms with Gasteiger partial charge >= 0.3 is 5.97 Å². The third kappa shape index (κ3) is 5.85. The quantitative estimate of drug-likeness (QED) is 0.553. The number of aliphatic carboxylic acids is 1. The number of rotatable bonds is 9. The molecule has 1 aromatic carbocycles. The van der Waals surface area contributed by atoms with Crippen molar-refractivity contribution in [1.29, 1.82) is 0 Å². The van der Waals surface area contributed by atoms with Crippen LogP contribution in [0.3, 0.4) is 0 Å². The molecule has 28 heavy (non-hydrogen) atoms. The Morgan fingerprint density at radius 1 is 1.11 bits per heavy atom. The summed E-state index contributed by atoms with van der Waals surface area (Å²) >= 11 is 1.17. The van der Waals surface area contributed by atoms with Crippen molar-refractivity contribution < 1.29 is 29.0 Å². The number of carbonyl (C=O) groups excluding carboxylic acids is 2.